The zero-order valence-electron chi connectivity index (χ0n) is 17.5. The van der Waals surface area contributed by atoms with Crippen LogP contribution >= 0.6 is 0 Å². The highest BCUT2D eigenvalue weighted by molar-refractivity contribution is 6.10. The van der Waals surface area contributed by atoms with Gasteiger partial charge in [-0.1, -0.05) is 24.3 Å². The summed E-state index contributed by atoms with van der Waals surface area (Å²) < 4.78 is 5.60. The molecule has 0 unspecified atom stereocenters. The summed E-state index contributed by atoms with van der Waals surface area (Å²) in [5, 5.41) is 45.1. The second-order valence-corrected chi connectivity index (χ2v) is 6.74. The highest BCUT2D eigenvalue weighted by Gasteiger charge is 2.22. The fraction of sp³-hybridized carbons (Fsp3) is 0. The molecule has 174 valence electrons. The minimum absolute atomic E-state index is 0.0281. The summed E-state index contributed by atoms with van der Waals surface area (Å²) in [6.07, 6.45) is 1.17. The Balaban J connectivity index is 1.92. The molecule has 0 heterocycles. The summed E-state index contributed by atoms with van der Waals surface area (Å²) >= 11 is 0. The van der Waals surface area contributed by atoms with Crippen LogP contribution in [0, 0.1) is 41.7 Å². The van der Waals surface area contributed by atoms with Crippen LogP contribution in [0.1, 0.15) is 5.56 Å². The third kappa shape index (κ3) is 5.79. The standard InChI is InChI=1S/C22H13N5O8/c23-13-15(22(28)24-16-5-3-6-17(11-16)25(29)30)10-14-4-1-2-7-20(14)35-21-9-8-18(26(31)32)12-19(21)27(33)34/h1-12H,(H,24,28)/b15-10+. The van der Waals surface area contributed by atoms with E-state index in [-0.39, 0.29) is 34.0 Å². The molecule has 3 rings (SSSR count). The van der Waals surface area contributed by atoms with Crippen LogP contribution in [-0.2, 0) is 4.79 Å². The van der Waals surface area contributed by atoms with Crippen molar-refractivity contribution < 1.29 is 24.3 Å². The third-order valence-electron chi connectivity index (χ3n) is 4.47. The molecule has 0 saturated carbocycles. The number of carbonyl (C=O) groups is 1. The number of hydrogen-bond donors (Lipinski definition) is 1. The summed E-state index contributed by atoms with van der Waals surface area (Å²) in [7, 11) is 0. The summed E-state index contributed by atoms with van der Waals surface area (Å²) in [6, 6.07) is 15.7. The Hall–Kier alpha value is -5.64. The maximum Gasteiger partial charge on any atom is 0.318 e. The van der Waals surface area contributed by atoms with Gasteiger partial charge in [-0.2, -0.15) is 5.26 Å². The van der Waals surface area contributed by atoms with Crippen molar-refractivity contribution in [2.45, 2.75) is 0 Å². The van der Waals surface area contributed by atoms with E-state index in [4.69, 9.17) is 4.74 Å². The first-order valence-electron chi connectivity index (χ1n) is 9.57. The molecule has 0 spiro atoms. The van der Waals surface area contributed by atoms with Gasteiger partial charge in [0.2, 0.25) is 5.75 Å². The number of hydrogen-bond acceptors (Lipinski definition) is 9. The highest BCUT2D eigenvalue weighted by Crippen LogP contribution is 2.36. The SMILES string of the molecule is N#C/C(=C\c1ccccc1Oc1ccc([N+](=O)[O-])cc1[N+](=O)[O-])C(=O)Nc1cccc([N+](=O)[O-])c1. The van der Waals surface area contributed by atoms with Crippen molar-refractivity contribution in [3.05, 3.63) is 108 Å². The van der Waals surface area contributed by atoms with E-state index in [1.165, 1.54) is 36.4 Å². The normalized spacial score (nSPS) is 10.7. The van der Waals surface area contributed by atoms with Gasteiger partial charge >= 0.3 is 5.69 Å². The molecule has 13 nitrogen and oxygen atoms in total. The molecule has 0 aliphatic rings. The van der Waals surface area contributed by atoms with Crippen molar-refractivity contribution in [2.24, 2.45) is 0 Å². The van der Waals surface area contributed by atoms with Gasteiger partial charge < -0.3 is 10.1 Å². The molecule has 0 fully saturated rings. The summed E-state index contributed by atoms with van der Waals surface area (Å²) in [6.45, 7) is 0. The molecule has 13 heteroatoms. The fourth-order valence-corrected chi connectivity index (χ4v) is 2.86. The molecular formula is C22H13N5O8. The number of nitrogens with one attached hydrogen (secondary N) is 1. The molecule has 0 saturated heterocycles. The molecule has 0 radical (unpaired) electrons. The minimum atomic E-state index is -0.857. The van der Waals surface area contributed by atoms with E-state index in [0.717, 1.165) is 24.3 Å². The Labute approximate surface area is 195 Å². The maximum atomic E-state index is 12.6. The lowest BCUT2D eigenvalue weighted by atomic mass is 10.1. The molecule has 35 heavy (non-hydrogen) atoms. The smallest absolute Gasteiger partial charge is 0.318 e. The van der Waals surface area contributed by atoms with Gasteiger partial charge in [0, 0.05) is 29.4 Å². The van der Waals surface area contributed by atoms with Gasteiger partial charge in [-0.25, -0.2) is 0 Å². The number of nitro groups is 3. The lowest BCUT2D eigenvalue weighted by molar-refractivity contribution is -0.394. The number of nitro benzene ring substituents is 3. The molecule has 0 aromatic heterocycles. The van der Waals surface area contributed by atoms with Gasteiger partial charge in [-0.3, -0.25) is 35.1 Å². The largest absolute Gasteiger partial charge is 0.449 e. The summed E-state index contributed by atoms with van der Waals surface area (Å²) in [4.78, 5) is 43.5. The minimum Gasteiger partial charge on any atom is -0.449 e. The number of carbonyl (C=O) groups excluding carboxylic acids is 1. The van der Waals surface area contributed by atoms with Crippen LogP contribution in [-0.4, -0.2) is 20.7 Å². The molecule has 3 aromatic rings. The average molecular weight is 475 g/mol. The number of benzene rings is 3. The lowest BCUT2D eigenvalue weighted by Gasteiger charge is -2.10. The van der Waals surface area contributed by atoms with Crippen molar-refractivity contribution in [1.82, 2.24) is 0 Å². The van der Waals surface area contributed by atoms with Crippen LogP contribution in [0.3, 0.4) is 0 Å². The van der Waals surface area contributed by atoms with E-state index in [1.807, 2.05) is 0 Å². The molecule has 1 amide bonds. The Kier molecular flexibility index (Phi) is 7.08. The number of nitriles is 1. The fourth-order valence-electron chi connectivity index (χ4n) is 2.86. The molecule has 0 bridgehead atoms. The Morgan fingerprint density at radius 1 is 0.857 bits per heavy atom. The molecule has 0 atom stereocenters. The first-order valence-corrected chi connectivity index (χ1v) is 9.57. The second-order valence-electron chi connectivity index (χ2n) is 6.74. The number of para-hydroxylation sites is 1. The van der Waals surface area contributed by atoms with Crippen LogP contribution < -0.4 is 10.1 Å². The van der Waals surface area contributed by atoms with Gasteiger partial charge in [0.25, 0.3) is 17.3 Å². The van der Waals surface area contributed by atoms with Crippen LogP contribution in [0.25, 0.3) is 6.08 Å². The van der Waals surface area contributed by atoms with Gasteiger partial charge in [0.05, 0.1) is 20.8 Å². The van der Waals surface area contributed by atoms with Crippen molar-refractivity contribution in [1.29, 1.82) is 5.26 Å². The number of amides is 1. The predicted molar refractivity (Wildman–Crippen MR) is 122 cm³/mol. The Bertz CT molecular complexity index is 1430. The maximum absolute atomic E-state index is 12.6. The van der Waals surface area contributed by atoms with Gasteiger partial charge in [0.1, 0.15) is 17.4 Å². The van der Waals surface area contributed by atoms with Crippen molar-refractivity contribution in [2.75, 3.05) is 5.32 Å². The van der Waals surface area contributed by atoms with Crippen LogP contribution in [0.15, 0.2) is 72.3 Å². The summed E-state index contributed by atoms with van der Waals surface area (Å²) in [5.41, 5.74) is -1.49. The molecule has 3 aromatic carbocycles. The van der Waals surface area contributed by atoms with Crippen molar-refractivity contribution in [3.8, 4) is 17.6 Å². The van der Waals surface area contributed by atoms with Crippen LogP contribution in [0.2, 0.25) is 0 Å². The lowest BCUT2D eigenvalue weighted by Crippen LogP contribution is -2.13. The molecule has 0 aliphatic heterocycles. The molecule has 1 N–H and O–H groups in total. The van der Waals surface area contributed by atoms with E-state index in [9.17, 15) is 40.4 Å². The Morgan fingerprint density at radius 3 is 2.20 bits per heavy atom. The van der Waals surface area contributed by atoms with E-state index in [0.29, 0.717) is 0 Å². The second kappa shape index (κ2) is 10.3. The first-order chi connectivity index (χ1) is 16.7. The summed E-state index contributed by atoms with van der Waals surface area (Å²) in [5.74, 6) is -1.12. The van der Waals surface area contributed by atoms with Crippen molar-refractivity contribution >= 4 is 34.7 Å². The number of rotatable bonds is 8. The average Bonchev–Trinajstić information content (AvgIpc) is 2.83. The van der Waals surface area contributed by atoms with E-state index in [1.54, 1.807) is 18.2 Å². The Morgan fingerprint density at radius 2 is 1.54 bits per heavy atom. The van der Waals surface area contributed by atoms with E-state index >= 15 is 0 Å². The number of nitrogens with zero attached hydrogens (tertiary/aromatic N) is 4. The van der Waals surface area contributed by atoms with Gasteiger partial charge in [-0.15, -0.1) is 0 Å². The van der Waals surface area contributed by atoms with E-state index < -0.39 is 32.1 Å². The topological polar surface area (TPSA) is 192 Å². The number of anilines is 1. The monoisotopic (exact) mass is 475 g/mol. The van der Waals surface area contributed by atoms with Crippen molar-refractivity contribution in [3.63, 3.8) is 0 Å². The van der Waals surface area contributed by atoms with Gasteiger partial charge in [-0.05, 0) is 24.3 Å². The van der Waals surface area contributed by atoms with Gasteiger partial charge in [0.15, 0.2) is 0 Å². The third-order valence-corrected chi connectivity index (χ3v) is 4.47. The van der Waals surface area contributed by atoms with Crippen LogP contribution in [0.4, 0.5) is 22.7 Å². The zero-order chi connectivity index (χ0) is 25.5. The quantitative estimate of drug-likeness (QED) is 0.207. The molecular weight excluding hydrogens is 462 g/mol. The predicted octanol–water partition coefficient (Wildman–Crippen LogP) is 4.75. The van der Waals surface area contributed by atoms with E-state index in [2.05, 4.69) is 5.32 Å². The molecule has 0 aliphatic carbocycles. The van der Waals surface area contributed by atoms with Crippen LogP contribution in [0.5, 0.6) is 11.5 Å². The number of ether oxygens (including phenoxy) is 1. The first kappa shape index (κ1) is 24.0. The zero-order valence-corrected chi connectivity index (χ0v) is 17.5. The highest BCUT2D eigenvalue weighted by atomic mass is 16.6. The number of non-ortho nitro benzene ring substituents is 2.